The third kappa shape index (κ3) is 5.04. The van der Waals surface area contributed by atoms with Gasteiger partial charge in [0, 0.05) is 50.0 Å². The van der Waals surface area contributed by atoms with Crippen molar-refractivity contribution in [1.29, 1.82) is 0 Å². The van der Waals surface area contributed by atoms with E-state index in [4.69, 9.17) is 14.7 Å². The number of halogens is 1. The van der Waals surface area contributed by atoms with E-state index in [0.717, 1.165) is 28.6 Å². The standard InChI is InChI=1S/C26H25FN6O2/c1-28-26-21-13-19(17-4-2-6-20(27)12-17)14-22(35-11-10-33-9-8-30-23(34)16-33)24(21)31-25(32-26)18-5-3-7-29-15-18/h2-7,12-15H,8-11,16H2,1H3,(H,30,34)(H,28,31,32). The summed E-state index contributed by atoms with van der Waals surface area (Å²) in [6, 6.07) is 14.0. The number of amides is 1. The Morgan fingerprint density at radius 2 is 2.00 bits per heavy atom. The van der Waals surface area contributed by atoms with Crippen LogP contribution in [0.4, 0.5) is 10.2 Å². The number of pyridine rings is 1. The van der Waals surface area contributed by atoms with Crippen LogP contribution in [0.2, 0.25) is 0 Å². The normalized spacial score (nSPS) is 14.1. The van der Waals surface area contributed by atoms with Crippen molar-refractivity contribution in [3.8, 4) is 28.3 Å². The van der Waals surface area contributed by atoms with Crippen LogP contribution >= 0.6 is 0 Å². The Balaban J connectivity index is 1.57. The molecule has 8 nitrogen and oxygen atoms in total. The Morgan fingerprint density at radius 1 is 1.11 bits per heavy atom. The Hall–Kier alpha value is -4.11. The molecule has 1 aliphatic heterocycles. The summed E-state index contributed by atoms with van der Waals surface area (Å²) in [5.74, 6) is 1.41. The first-order valence-corrected chi connectivity index (χ1v) is 11.4. The van der Waals surface area contributed by atoms with E-state index in [1.54, 1.807) is 25.5 Å². The van der Waals surface area contributed by atoms with Gasteiger partial charge in [0.15, 0.2) is 5.82 Å². The van der Waals surface area contributed by atoms with Crippen molar-refractivity contribution in [2.75, 3.05) is 45.2 Å². The molecule has 178 valence electrons. The highest BCUT2D eigenvalue weighted by Crippen LogP contribution is 2.36. The Kier molecular flexibility index (Phi) is 6.49. The molecule has 0 unspecified atom stereocenters. The zero-order valence-electron chi connectivity index (χ0n) is 19.3. The van der Waals surface area contributed by atoms with Gasteiger partial charge in [-0.1, -0.05) is 12.1 Å². The maximum absolute atomic E-state index is 14.0. The molecule has 1 aliphatic rings. The molecule has 2 aromatic carbocycles. The summed E-state index contributed by atoms with van der Waals surface area (Å²) in [5.41, 5.74) is 2.94. The Labute approximate surface area is 202 Å². The molecule has 9 heteroatoms. The number of aromatic nitrogens is 3. The summed E-state index contributed by atoms with van der Waals surface area (Å²) in [6.45, 7) is 2.72. The van der Waals surface area contributed by atoms with Crippen molar-refractivity contribution in [3.63, 3.8) is 0 Å². The van der Waals surface area contributed by atoms with Gasteiger partial charge in [0.25, 0.3) is 0 Å². The van der Waals surface area contributed by atoms with Gasteiger partial charge in [-0.05, 0) is 47.5 Å². The van der Waals surface area contributed by atoms with Gasteiger partial charge in [0.2, 0.25) is 5.91 Å². The zero-order valence-corrected chi connectivity index (χ0v) is 19.3. The molecule has 4 aromatic rings. The summed E-state index contributed by atoms with van der Waals surface area (Å²) in [6.07, 6.45) is 3.41. The van der Waals surface area contributed by atoms with Crippen molar-refractivity contribution < 1.29 is 13.9 Å². The summed E-state index contributed by atoms with van der Waals surface area (Å²) >= 11 is 0. The lowest BCUT2D eigenvalue weighted by atomic mass is 10.0. The molecule has 35 heavy (non-hydrogen) atoms. The summed E-state index contributed by atoms with van der Waals surface area (Å²) in [5, 5.41) is 6.74. The van der Waals surface area contributed by atoms with Gasteiger partial charge in [-0.2, -0.15) is 0 Å². The van der Waals surface area contributed by atoms with Crippen LogP contribution in [-0.2, 0) is 4.79 Å². The van der Waals surface area contributed by atoms with E-state index >= 15 is 0 Å². The SMILES string of the molecule is CNc1nc(-c2cccnc2)nc2c(OCCN3CCNC(=O)C3)cc(-c3cccc(F)c3)cc12. The maximum Gasteiger partial charge on any atom is 0.234 e. The quantitative estimate of drug-likeness (QED) is 0.426. The van der Waals surface area contributed by atoms with E-state index in [1.807, 2.05) is 35.2 Å². The number of ether oxygens (including phenoxy) is 1. The fraction of sp³-hybridized carbons (Fsp3) is 0.231. The largest absolute Gasteiger partial charge is 0.490 e. The van der Waals surface area contributed by atoms with Crippen LogP contribution in [-0.4, -0.2) is 65.6 Å². The van der Waals surface area contributed by atoms with Crippen LogP contribution in [0.1, 0.15) is 0 Å². The highest BCUT2D eigenvalue weighted by Gasteiger charge is 2.18. The molecule has 1 saturated heterocycles. The van der Waals surface area contributed by atoms with Crippen LogP contribution in [0.5, 0.6) is 5.75 Å². The summed E-state index contributed by atoms with van der Waals surface area (Å²) in [4.78, 5) is 27.4. The third-order valence-corrected chi connectivity index (χ3v) is 5.86. The molecular formula is C26H25FN6O2. The smallest absolute Gasteiger partial charge is 0.234 e. The van der Waals surface area contributed by atoms with Gasteiger partial charge in [0.05, 0.1) is 6.54 Å². The van der Waals surface area contributed by atoms with Crippen molar-refractivity contribution in [1.82, 2.24) is 25.2 Å². The molecule has 3 heterocycles. The molecule has 0 atom stereocenters. The van der Waals surface area contributed by atoms with Gasteiger partial charge in [0.1, 0.15) is 29.5 Å². The number of piperazine rings is 1. The van der Waals surface area contributed by atoms with Gasteiger partial charge in [-0.25, -0.2) is 14.4 Å². The molecule has 2 N–H and O–H groups in total. The second-order valence-electron chi connectivity index (χ2n) is 8.24. The Morgan fingerprint density at radius 3 is 2.77 bits per heavy atom. The molecule has 1 amide bonds. The lowest BCUT2D eigenvalue weighted by Gasteiger charge is -2.26. The number of hydrogen-bond donors (Lipinski definition) is 2. The van der Waals surface area contributed by atoms with Gasteiger partial charge in [-0.15, -0.1) is 0 Å². The van der Waals surface area contributed by atoms with Crippen molar-refractivity contribution >= 4 is 22.6 Å². The molecule has 0 radical (unpaired) electrons. The summed E-state index contributed by atoms with van der Waals surface area (Å²) in [7, 11) is 1.80. The Bertz CT molecular complexity index is 1370. The molecule has 1 fully saturated rings. The average molecular weight is 473 g/mol. The van der Waals surface area contributed by atoms with Crippen molar-refractivity contribution in [2.45, 2.75) is 0 Å². The van der Waals surface area contributed by atoms with Crippen LogP contribution < -0.4 is 15.4 Å². The van der Waals surface area contributed by atoms with Crippen LogP contribution in [0.3, 0.4) is 0 Å². The number of nitrogens with one attached hydrogen (secondary N) is 2. The van der Waals surface area contributed by atoms with Gasteiger partial charge < -0.3 is 15.4 Å². The van der Waals surface area contributed by atoms with E-state index in [2.05, 4.69) is 15.6 Å². The van der Waals surface area contributed by atoms with E-state index in [9.17, 15) is 9.18 Å². The lowest BCUT2D eigenvalue weighted by molar-refractivity contribution is -0.124. The first kappa shape index (κ1) is 22.7. The molecular weight excluding hydrogens is 447 g/mol. The molecule has 0 saturated carbocycles. The van der Waals surface area contributed by atoms with Crippen LogP contribution in [0.25, 0.3) is 33.4 Å². The lowest BCUT2D eigenvalue weighted by Crippen LogP contribution is -2.48. The second-order valence-corrected chi connectivity index (χ2v) is 8.24. The minimum absolute atomic E-state index is 0.0160. The second kappa shape index (κ2) is 10.0. The number of nitrogens with zero attached hydrogens (tertiary/aromatic N) is 4. The minimum atomic E-state index is -0.314. The van der Waals surface area contributed by atoms with E-state index in [1.165, 1.54) is 12.1 Å². The monoisotopic (exact) mass is 472 g/mol. The topological polar surface area (TPSA) is 92.3 Å². The van der Waals surface area contributed by atoms with Crippen molar-refractivity contribution in [3.05, 3.63) is 66.7 Å². The minimum Gasteiger partial charge on any atom is -0.490 e. The molecule has 2 aromatic heterocycles. The van der Waals surface area contributed by atoms with Gasteiger partial charge in [-0.3, -0.25) is 14.7 Å². The highest BCUT2D eigenvalue weighted by molar-refractivity contribution is 5.97. The third-order valence-electron chi connectivity index (χ3n) is 5.86. The number of rotatable bonds is 7. The first-order valence-electron chi connectivity index (χ1n) is 11.4. The molecule has 0 spiro atoms. The number of carbonyl (C=O) groups excluding carboxylic acids is 1. The van der Waals surface area contributed by atoms with Crippen LogP contribution in [0.15, 0.2) is 60.9 Å². The fourth-order valence-electron chi connectivity index (χ4n) is 4.13. The zero-order chi connectivity index (χ0) is 24.2. The van der Waals surface area contributed by atoms with Crippen molar-refractivity contribution in [2.24, 2.45) is 0 Å². The molecule has 0 bridgehead atoms. The predicted octanol–water partition coefficient (Wildman–Crippen LogP) is 3.35. The van der Waals surface area contributed by atoms with Crippen LogP contribution in [0, 0.1) is 5.82 Å². The number of anilines is 1. The van der Waals surface area contributed by atoms with E-state index < -0.39 is 0 Å². The predicted molar refractivity (Wildman–Crippen MR) is 133 cm³/mol. The van der Waals surface area contributed by atoms with E-state index in [-0.39, 0.29) is 11.7 Å². The number of benzene rings is 2. The summed E-state index contributed by atoms with van der Waals surface area (Å²) < 4.78 is 20.2. The molecule has 5 rings (SSSR count). The molecule has 0 aliphatic carbocycles. The average Bonchev–Trinajstić information content (AvgIpc) is 2.88. The number of hydrogen-bond acceptors (Lipinski definition) is 7. The fourth-order valence-corrected chi connectivity index (χ4v) is 4.13. The number of carbonyl (C=O) groups is 1. The van der Waals surface area contributed by atoms with Gasteiger partial charge >= 0.3 is 0 Å². The van der Waals surface area contributed by atoms with E-state index in [0.29, 0.717) is 49.1 Å². The first-order chi connectivity index (χ1) is 17.1. The highest BCUT2D eigenvalue weighted by atomic mass is 19.1. The number of fused-ring (bicyclic) bond motifs is 1. The maximum atomic E-state index is 14.0.